The molecule has 7 heteroatoms. The van der Waals surface area contributed by atoms with Crippen molar-refractivity contribution in [3.8, 4) is 0 Å². The van der Waals surface area contributed by atoms with E-state index >= 15 is 0 Å². The minimum absolute atomic E-state index is 0.0137. The summed E-state index contributed by atoms with van der Waals surface area (Å²) in [5, 5.41) is 0. The maximum atomic E-state index is 12.7. The van der Waals surface area contributed by atoms with Gasteiger partial charge in [0, 0.05) is 37.4 Å². The SMILES string of the molecule is CC.CCC/C=C/C=C/CC/C(C)=C\C(=O)OC1CCOC(OC)(C(CSC=O)P(C)Cc2ccccc2)C1. The Morgan fingerprint density at radius 3 is 2.54 bits per heavy atom. The van der Waals surface area contributed by atoms with Gasteiger partial charge in [-0.05, 0) is 44.6 Å². The van der Waals surface area contributed by atoms with E-state index in [-0.39, 0.29) is 17.7 Å². The van der Waals surface area contributed by atoms with Crippen LogP contribution in [-0.2, 0) is 30.0 Å². The summed E-state index contributed by atoms with van der Waals surface area (Å²) < 4.78 is 18.2. The van der Waals surface area contributed by atoms with E-state index < -0.39 is 13.7 Å². The summed E-state index contributed by atoms with van der Waals surface area (Å²) in [7, 11) is 1.09. The van der Waals surface area contributed by atoms with Crippen molar-refractivity contribution < 1.29 is 23.8 Å². The van der Waals surface area contributed by atoms with Crippen molar-refractivity contribution in [2.75, 3.05) is 26.1 Å². The Hall–Kier alpha value is -1.72. The van der Waals surface area contributed by atoms with Crippen molar-refractivity contribution in [3.05, 3.63) is 71.8 Å². The lowest BCUT2D eigenvalue weighted by atomic mass is 9.99. The van der Waals surface area contributed by atoms with Crippen LogP contribution in [0.2, 0.25) is 0 Å². The quantitative estimate of drug-likeness (QED) is 0.0648. The fraction of sp³-hybridized carbons (Fsp3) is 0.562. The number of unbranched alkanes of at least 4 members (excludes halogenated alkanes) is 1. The Balaban J connectivity index is 0.00000371. The number of thioether (sulfide) groups is 1. The van der Waals surface area contributed by atoms with Crippen molar-refractivity contribution in [2.45, 2.75) is 89.9 Å². The molecule has 39 heavy (non-hydrogen) atoms. The van der Waals surface area contributed by atoms with Crippen LogP contribution in [0, 0.1) is 0 Å². The molecule has 0 amide bonds. The molecule has 1 heterocycles. The van der Waals surface area contributed by atoms with E-state index in [0.717, 1.165) is 43.0 Å². The van der Waals surface area contributed by atoms with E-state index in [1.807, 2.05) is 39.0 Å². The summed E-state index contributed by atoms with van der Waals surface area (Å²) in [5.74, 6) is -0.598. The lowest BCUT2D eigenvalue weighted by molar-refractivity contribution is -0.259. The van der Waals surface area contributed by atoms with E-state index in [9.17, 15) is 9.59 Å². The first-order valence-corrected chi connectivity index (χ1v) is 17.2. The van der Waals surface area contributed by atoms with E-state index in [2.05, 4.69) is 50.0 Å². The zero-order valence-electron chi connectivity index (χ0n) is 24.8. The van der Waals surface area contributed by atoms with Crippen LogP contribution in [0.15, 0.2) is 66.3 Å². The topological polar surface area (TPSA) is 61.8 Å². The van der Waals surface area contributed by atoms with Crippen LogP contribution in [0.1, 0.15) is 71.8 Å². The second-order valence-electron chi connectivity index (χ2n) is 9.44. The van der Waals surface area contributed by atoms with E-state index in [1.54, 1.807) is 13.2 Å². The molecular formula is C32H49O5PS. The number of benzene rings is 1. The standard InChI is InChI=1S/C30H43O5PS.C2H6/c1-5-6-7-8-9-10-12-15-25(2)20-29(32)35-27-18-19-34-30(21-27,33-3)28(23-37-24-31)36(4)22-26-16-13-11-14-17-26;1-2/h7-11,13-14,16-17,20,24,27-28H,5-6,12,15,18-19,21-23H2,1-4H3;1-2H3/b8-7+,10-9+,25-20-;. The first kappa shape index (κ1) is 35.3. The Labute approximate surface area is 242 Å². The van der Waals surface area contributed by atoms with Gasteiger partial charge in [0.2, 0.25) is 0 Å². The number of ether oxygens (including phenoxy) is 3. The van der Waals surface area contributed by atoms with Crippen LogP contribution in [0.3, 0.4) is 0 Å². The van der Waals surface area contributed by atoms with Gasteiger partial charge in [-0.2, -0.15) is 0 Å². The molecule has 1 aromatic carbocycles. The van der Waals surface area contributed by atoms with Gasteiger partial charge < -0.3 is 14.2 Å². The summed E-state index contributed by atoms with van der Waals surface area (Å²) in [6.45, 7) is 10.8. The summed E-state index contributed by atoms with van der Waals surface area (Å²) in [5.41, 5.74) is 3.15. The highest BCUT2D eigenvalue weighted by molar-refractivity contribution is 8.12. The van der Waals surface area contributed by atoms with Crippen LogP contribution in [-0.4, -0.2) is 55.3 Å². The molecule has 2 rings (SSSR count). The van der Waals surface area contributed by atoms with Gasteiger partial charge in [-0.15, -0.1) is 0 Å². The number of allylic oxidation sites excluding steroid dienone is 5. The fourth-order valence-electron chi connectivity index (χ4n) is 4.45. The summed E-state index contributed by atoms with van der Waals surface area (Å²) >= 11 is 1.25. The van der Waals surface area contributed by atoms with E-state index in [4.69, 9.17) is 14.2 Å². The van der Waals surface area contributed by atoms with Crippen LogP contribution in [0.5, 0.6) is 0 Å². The minimum Gasteiger partial charge on any atom is -0.459 e. The van der Waals surface area contributed by atoms with Gasteiger partial charge in [-0.25, -0.2) is 4.79 Å². The molecule has 0 aliphatic carbocycles. The normalized spacial score (nSPS) is 21.3. The van der Waals surface area contributed by atoms with Crippen LogP contribution in [0.25, 0.3) is 0 Å². The lowest BCUT2D eigenvalue weighted by Crippen LogP contribution is -2.53. The number of hydrogen-bond donors (Lipinski definition) is 0. The molecule has 0 radical (unpaired) electrons. The molecule has 0 aromatic heterocycles. The van der Waals surface area contributed by atoms with Gasteiger partial charge in [-0.1, -0.05) is 107 Å². The first-order chi connectivity index (χ1) is 18.9. The third kappa shape index (κ3) is 13.5. The van der Waals surface area contributed by atoms with E-state index in [1.165, 1.54) is 17.3 Å². The molecule has 0 N–H and O–H groups in total. The van der Waals surface area contributed by atoms with Crippen molar-refractivity contribution >= 4 is 31.3 Å². The van der Waals surface area contributed by atoms with Crippen LogP contribution >= 0.6 is 19.7 Å². The molecule has 0 spiro atoms. The molecule has 4 unspecified atom stereocenters. The summed E-state index contributed by atoms with van der Waals surface area (Å²) in [6.07, 6.45) is 15.7. The zero-order chi connectivity index (χ0) is 28.9. The van der Waals surface area contributed by atoms with Gasteiger partial charge >= 0.3 is 5.97 Å². The molecule has 1 aliphatic heterocycles. The van der Waals surface area contributed by atoms with Gasteiger partial charge in [0.25, 0.3) is 0 Å². The molecule has 4 atom stereocenters. The molecule has 5 nitrogen and oxygen atoms in total. The Bertz CT molecular complexity index is 901. The predicted octanol–water partition coefficient (Wildman–Crippen LogP) is 8.32. The number of carbonyl (C=O) groups excluding carboxylic acids is 2. The Morgan fingerprint density at radius 1 is 1.21 bits per heavy atom. The average molecular weight is 577 g/mol. The maximum absolute atomic E-state index is 12.7. The highest BCUT2D eigenvalue weighted by Gasteiger charge is 2.47. The number of carbonyl (C=O) groups is 2. The van der Waals surface area contributed by atoms with Crippen LogP contribution in [0.4, 0.5) is 0 Å². The third-order valence-corrected chi connectivity index (χ3v) is 9.88. The lowest BCUT2D eigenvalue weighted by Gasteiger charge is -2.46. The number of esters is 1. The molecule has 218 valence electrons. The van der Waals surface area contributed by atoms with Crippen molar-refractivity contribution in [3.63, 3.8) is 0 Å². The molecule has 0 saturated carbocycles. The number of methoxy groups -OCH3 is 1. The molecule has 0 bridgehead atoms. The van der Waals surface area contributed by atoms with Crippen molar-refractivity contribution in [1.29, 1.82) is 0 Å². The van der Waals surface area contributed by atoms with Crippen molar-refractivity contribution in [2.24, 2.45) is 0 Å². The smallest absolute Gasteiger partial charge is 0.330 e. The number of hydrogen-bond acceptors (Lipinski definition) is 6. The second kappa shape index (κ2) is 21.1. The highest BCUT2D eigenvalue weighted by Crippen LogP contribution is 2.51. The van der Waals surface area contributed by atoms with E-state index in [0.29, 0.717) is 25.2 Å². The largest absolute Gasteiger partial charge is 0.459 e. The van der Waals surface area contributed by atoms with Gasteiger partial charge in [-0.3, -0.25) is 4.79 Å². The monoisotopic (exact) mass is 576 g/mol. The Morgan fingerprint density at radius 2 is 1.90 bits per heavy atom. The average Bonchev–Trinajstić information content (AvgIpc) is 2.94. The molecule has 1 aliphatic rings. The predicted molar refractivity (Wildman–Crippen MR) is 168 cm³/mol. The second-order valence-corrected chi connectivity index (χ2v) is 12.7. The minimum atomic E-state index is -0.886. The maximum Gasteiger partial charge on any atom is 0.330 e. The molecular weight excluding hydrogens is 527 g/mol. The summed E-state index contributed by atoms with van der Waals surface area (Å²) in [6, 6.07) is 10.4. The van der Waals surface area contributed by atoms with Crippen LogP contribution < -0.4 is 0 Å². The Kier molecular flexibility index (Phi) is 19.1. The zero-order valence-corrected chi connectivity index (χ0v) is 26.5. The fourth-order valence-corrected chi connectivity index (χ4v) is 8.21. The summed E-state index contributed by atoms with van der Waals surface area (Å²) in [4.78, 5) is 23.9. The third-order valence-electron chi connectivity index (χ3n) is 6.47. The first-order valence-electron chi connectivity index (χ1n) is 14.1. The molecule has 1 fully saturated rings. The van der Waals surface area contributed by atoms with Crippen molar-refractivity contribution in [1.82, 2.24) is 0 Å². The highest BCUT2D eigenvalue weighted by atomic mass is 32.2. The molecule has 1 saturated heterocycles. The van der Waals surface area contributed by atoms with Gasteiger partial charge in [0.1, 0.15) is 6.10 Å². The van der Waals surface area contributed by atoms with Gasteiger partial charge in [0.05, 0.1) is 6.61 Å². The van der Waals surface area contributed by atoms with Gasteiger partial charge in [0.15, 0.2) is 11.4 Å². The number of rotatable bonds is 16. The molecule has 1 aromatic rings.